The Balaban J connectivity index is 0.00000341. The molecule has 1 heterocycles. The molecule has 2 N–H and O–H groups in total. The van der Waals surface area contributed by atoms with Crippen molar-refractivity contribution in [2.75, 3.05) is 39.5 Å². The zero-order chi connectivity index (χ0) is 21.4. The van der Waals surface area contributed by atoms with E-state index in [0.717, 1.165) is 31.9 Å². The van der Waals surface area contributed by atoms with Gasteiger partial charge in [0, 0.05) is 39.1 Å². The largest absolute Gasteiger partial charge is 0.356 e. The smallest absolute Gasteiger partial charge is 0.211 e. The third kappa shape index (κ3) is 7.76. The molecule has 0 saturated carbocycles. The van der Waals surface area contributed by atoms with E-state index in [2.05, 4.69) is 64.2 Å². The average Bonchev–Trinajstić information content (AvgIpc) is 2.77. The van der Waals surface area contributed by atoms with Crippen LogP contribution in [0.4, 0.5) is 0 Å². The van der Waals surface area contributed by atoms with Gasteiger partial charge in [0.05, 0.1) is 6.26 Å². The van der Waals surface area contributed by atoms with Crippen LogP contribution in [-0.4, -0.2) is 58.2 Å². The molecule has 0 aromatic heterocycles. The van der Waals surface area contributed by atoms with Gasteiger partial charge >= 0.3 is 0 Å². The summed E-state index contributed by atoms with van der Waals surface area (Å²) in [7, 11) is -1.30. The molecule has 0 bridgehead atoms. The van der Waals surface area contributed by atoms with E-state index in [1.165, 1.54) is 17.4 Å². The lowest BCUT2D eigenvalue weighted by Crippen LogP contribution is -2.44. The van der Waals surface area contributed by atoms with Crippen LogP contribution in [-0.2, 0) is 10.0 Å². The van der Waals surface area contributed by atoms with Crippen LogP contribution < -0.4 is 10.6 Å². The van der Waals surface area contributed by atoms with Gasteiger partial charge in [-0.1, -0.05) is 60.7 Å². The van der Waals surface area contributed by atoms with Gasteiger partial charge in [0.25, 0.3) is 0 Å². The Morgan fingerprint density at radius 3 is 1.97 bits per heavy atom. The molecule has 8 heteroatoms. The molecule has 1 fully saturated rings. The van der Waals surface area contributed by atoms with Gasteiger partial charge in [-0.05, 0) is 29.9 Å². The van der Waals surface area contributed by atoms with Crippen LogP contribution in [0.5, 0.6) is 0 Å². The molecule has 1 saturated heterocycles. The molecule has 0 radical (unpaired) electrons. The SMILES string of the molecule is CN=C(NCC1CCN(S(C)(=O)=O)CC1)NCC(c1ccccc1)c1ccccc1.I. The Labute approximate surface area is 203 Å². The van der Waals surface area contributed by atoms with Crippen LogP contribution in [0.25, 0.3) is 0 Å². The second-order valence-corrected chi connectivity index (χ2v) is 9.80. The van der Waals surface area contributed by atoms with Crippen molar-refractivity contribution >= 4 is 40.0 Å². The van der Waals surface area contributed by atoms with Gasteiger partial charge in [0.1, 0.15) is 0 Å². The van der Waals surface area contributed by atoms with Crippen molar-refractivity contribution in [3.05, 3.63) is 71.8 Å². The number of piperidine rings is 1. The lowest BCUT2D eigenvalue weighted by atomic mass is 9.91. The number of nitrogens with one attached hydrogen (secondary N) is 2. The Hall–Kier alpha value is -1.65. The van der Waals surface area contributed by atoms with E-state index >= 15 is 0 Å². The van der Waals surface area contributed by atoms with Gasteiger partial charge in [-0.15, -0.1) is 24.0 Å². The first-order chi connectivity index (χ1) is 14.5. The zero-order valence-electron chi connectivity index (χ0n) is 18.2. The molecule has 3 rings (SSSR count). The fourth-order valence-electron chi connectivity index (χ4n) is 3.90. The normalized spacial score (nSPS) is 16.0. The number of benzene rings is 2. The van der Waals surface area contributed by atoms with Gasteiger partial charge < -0.3 is 10.6 Å². The van der Waals surface area contributed by atoms with Crippen LogP contribution in [0.2, 0.25) is 0 Å². The second-order valence-electron chi connectivity index (χ2n) is 7.81. The maximum Gasteiger partial charge on any atom is 0.211 e. The molecule has 2 aromatic rings. The number of guanidine groups is 1. The molecule has 0 spiro atoms. The number of hydrogen-bond donors (Lipinski definition) is 2. The van der Waals surface area contributed by atoms with Gasteiger partial charge in [0.2, 0.25) is 10.0 Å². The molecular formula is C23H33IN4O2S. The van der Waals surface area contributed by atoms with Crippen molar-refractivity contribution in [1.82, 2.24) is 14.9 Å². The van der Waals surface area contributed by atoms with Crippen molar-refractivity contribution in [2.24, 2.45) is 10.9 Å². The molecule has 0 amide bonds. The lowest BCUT2D eigenvalue weighted by molar-refractivity contribution is 0.275. The minimum Gasteiger partial charge on any atom is -0.356 e. The highest BCUT2D eigenvalue weighted by Crippen LogP contribution is 2.23. The predicted octanol–water partition coefficient (Wildman–Crippen LogP) is 3.27. The van der Waals surface area contributed by atoms with Gasteiger partial charge in [-0.2, -0.15) is 0 Å². The number of rotatable bonds is 7. The van der Waals surface area contributed by atoms with Crippen molar-refractivity contribution < 1.29 is 8.42 Å². The van der Waals surface area contributed by atoms with E-state index in [4.69, 9.17) is 0 Å². The van der Waals surface area contributed by atoms with Crippen molar-refractivity contribution in [3.8, 4) is 0 Å². The first kappa shape index (κ1) is 25.6. The van der Waals surface area contributed by atoms with E-state index in [-0.39, 0.29) is 29.9 Å². The molecule has 1 aliphatic heterocycles. The summed E-state index contributed by atoms with van der Waals surface area (Å²) in [6.45, 7) is 2.72. The number of hydrogen-bond acceptors (Lipinski definition) is 3. The topological polar surface area (TPSA) is 73.8 Å². The quantitative estimate of drug-likeness (QED) is 0.312. The van der Waals surface area contributed by atoms with Crippen LogP contribution in [0.1, 0.15) is 29.9 Å². The van der Waals surface area contributed by atoms with E-state index in [9.17, 15) is 8.42 Å². The van der Waals surface area contributed by atoms with Crippen LogP contribution in [0.15, 0.2) is 65.7 Å². The molecule has 31 heavy (non-hydrogen) atoms. The summed E-state index contributed by atoms with van der Waals surface area (Å²) in [6, 6.07) is 21.0. The third-order valence-corrected chi connectivity index (χ3v) is 7.01. The Bertz CT molecular complexity index is 876. The maximum atomic E-state index is 11.7. The van der Waals surface area contributed by atoms with E-state index in [1.54, 1.807) is 11.4 Å². The number of sulfonamides is 1. The van der Waals surface area contributed by atoms with E-state index in [0.29, 0.717) is 19.0 Å². The highest BCUT2D eigenvalue weighted by Gasteiger charge is 2.25. The summed E-state index contributed by atoms with van der Waals surface area (Å²) in [5.74, 6) is 1.45. The molecular weight excluding hydrogens is 523 g/mol. The number of halogens is 1. The minimum atomic E-state index is -3.08. The summed E-state index contributed by atoms with van der Waals surface area (Å²) in [6.07, 6.45) is 3.02. The summed E-state index contributed by atoms with van der Waals surface area (Å²) in [4.78, 5) is 4.37. The fraction of sp³-hybridized carbons (Fsp3) is 0.435. The van der Waals surface area contributed by atoms with Gasteiger partial charge in [-0.25, -0.2) is 12.7 Å². The summed E-state index contributed by atoms with van der Waals surface area (Å²) in [5.41, 5.74) is 2.53. The summed E-state index contributed by atoms with van der Waals surface area (Å²) < 4.78 is 24.9. The van der Waals surface area contributed by atoms with Crippen molar-refractivity contribution in [1.29, 1.82) is 0 Å². The van der Waals surface area contributed by atoms with E-state index in [1.807, 2.05) is 12.1 Å². The predicted molar refractivity (Wildman–Crippen MR) is 139 cm³/mol. The first-order valence-electron chi connectivity index (χ1n) is 10.5. The minimum absolute atomic E-state index is 0. The van der Waals surface area contributed by atoms with Crippen LogP contribution in [0, 0.1) is 5.92 Å². The molecule has 6 nitrogen and oxygen atoms in total. The number of nitrogens with zero attached hydrogens (tertiary/aromatic N) is 2. The Morgan fingerprint density at radius 1 is 1.00 bits per heavy atom. The molecule has 1 aliphatic rings. The fourth-order valence-corrected chi connectivity index (χ4v) is 4.78. The summed E-state index contributed by atoms with van der Waals surface area (Å²) in [5, 5.41) is 6.89. The third-order valence-electron chi connectivity index (χ3n) is 5.70. The molecule has 2 aromatic carbocycles. The second kappa shape index (κ2) is 12.4. The van der Waals surface area contributed by atoms with Crippen LogP contribution in [0.3, 0.4) is 0 Å². The standard InChI is InChI=1S/C23H32N4O2S.HI/c1-24-23(25-17-19-13-15-27(16-14-19)30(2,28)29)26-18-22(20-9-5-3-6-10-20)21-11-7-4-8-12-21;/h3-12,19,22H,13-18H2,1-2H3,(H2,24,25,26);1H. The van der Waals surface area contributed by atoms with E-state index < -0.39 is 10.0 Å². The lowest BCUT2D eigenvalue weighted by Gasteiger charge is -2.30. The average molecular weight is 557 g/mol. The molecule has 0 unspecified atom stereocenters. The van der Waals surface area contributed by atoms with Crippen LogP contribution >= 0.6 is 24.0 Å². The summed E-state index contributed by atoms with van der Waals surface area (Å²) >= 11 is 0. The maximum absolute atomic E-state index is 11.7. The Morgan fingerprint density at radius 2 is 1.52 bits per heavy atom. The molecule has 170 valence electrons. The first-order valence-corrected chi connectivity index (χ1v) is 12.3. The van der Waals surface area contributed by atoms with Gasteiger partial charge in [0.15, 0.2) is 5.96 Å². The van der Waals surface area contributed by atoms with Gasteiger partial charge in [-0.3, -0.25) is 4.99 Å². The zero-order valence-corrected chi connectivity index (χ0v) is 21.3. The monoisotopic (exact) mass is 556 g/mol. The van der Waals surface area contributed by atoms with Crippen molar-refractivity contribution in [3.63, 3.8) is 0 Å². The number of aliphatic imine (C=N–C) groups is 1. The Kier molecular flexibility index (Phi) is 10.2. The van der Waals surface area contributed by atoms with Crippen molar-refractivity contribution in [2.45, 2.75) is 18.8 Å². The highest BCUT2D eigenvalue weighted by molar-refractivity contribution is 14.0. The molecule has 0 aliphatic carbocycles. The highest BCUT2D eigenvalue weighted by atomic mass is 127. The molecule has 0 atom stereocenters.